The average molecular weight is 277 g/mol. The molecule has 0 saturated carbocycles. The van der Waals surface area contributed by atoms with Gasteiger partial charge in [0.1, 0.15) is 0 Å². The molecule has 0 fully saturated rings. The quantitative estimate of drug-likeness (QED) is 0.642. The number of hydrogen-bond donors (Lipinski definition) is 2. The molecule has 1 rings (SSSR count). The first-order valence-electron chi connectivity index (χ1n) is 7.73. The van der Waals surface area contributed by atoms with Gasteiger partial charge in [0, 0.05) is 6.42 Å². The van der Waals surface area contributed by atoms with Crippen LogP contribution in [0.4, 0.5) is 0 Å². The molecule has 1 aromatic carbocycles. The Morgan fingerprint density at radius 3 is 2.40 bits per heavy atom. The predicted octanol–water partition coefficient (Wildman–Crippen LogP) is 3.59. The summed E-state index contributed by atoms with van der Waals surface area (Å²) in [7, 11) is 0. The van der Waals surface area contributed by atoms with Gasteiger partial charge >= 0.3 is 0 Å². The van der Waals surface area contributed by atoms with Gasteiger partial charge in [-0.25, -0.2) is 0 Å². The molecule has 0 aliphatic carbocycles. The third-order valence-electron chi connectivity index (χ3n) is 3.48. The van der Waals surface area contributed by atoms with Crippen molar-refractivity contribution in [2.75, 3.05) is 6.61 Å². The second kappa shape index (κ2) is 10.4. The van der Waals surface area contributed by atoms with Crippen molar-refractivity contribution in [2.24, 2.45) is 0 Å². The molecule has 1 atom stereocenters. The number of rotatable bonds is 10. The van der Waals surface area contributed by atoms with Crippen LogP contribution < -0.4 is 5.32 Å². The highest BCUT2D eigenvalue weighted by Gasteiger charge is 2.12. The van der Waals surface area contributed by atoms with E-state index in [1.54, 1.807) is 0 Å². The zero-order valence-electron chi connectivity index (χ0n) is 12.5. The van der Waals surface area contributed by atoms with E-state index in [-0.39, 0.29) is 18.6 Å². The van der Waals surface area contributed by atoms with Crippen LogP contribution in [0, 0.1) is 0 Å². The van der Waals surface area contributed by atoms with Crippen LogP contribution in [0.5, 0.6) is 0 Å². The number of carbonyl (C=O) groups is 1. The first-order chi connectivity index (χ1) is 9.77. The highest BCUT2D eigenvalue weighted by atomic mass is 16.3. The van der Waals surface area contributed by atoms with Crippen LogP contribution >= 0.6 is 0 Å². The van der Waals surface area contributed by atoms with E-state index in [1.165, 1.54) is 25.7 Å². The van der Waals surface area contributed by atoms with E-state index in [4.69, 9.17) is 0 Å². The van der Waals surface area contributed by atoms with Gasteiger partial charge in [-0.05, 0) is 12.0 Å². The average Bonchev–Trinajstić information content (AvgIpc) is 2.49. The largest absolute Gasteiger partial charge is 0.394 e. The maximum absolute atomic E-state index is 11.9. The van der Waals surface area contributed by atoms with E-state index in [1.807, 2.05) is 30.3 Å². The molecule has 1 unspecified atom stereocenters. The highest BCUT2D eigenvalue weighted by molar-refractivity contribution is 5.76. The summed E-state index contributed by atoms with van der Waals surface area (Å²) >= 11 is 0. The molecule has 0 aromatic heterocycles. The normalized spacial score (nSPS) is 12.1. The van der Waals surface area contributed by atoms with Crippen molar-refractivity contribution in [3.63, 3.8) is 0 Å². The minimum absolute atomic E-state index is 0.0309. The van der Waals surface area contributed by atoms with Gasteiger partial charge in [0.15, 0.2) is 0 Å². The molecule has 0 saturated heterocycles. The first-order valence-corrected chi connectivity index (χ1v) is 7.73. The Labute approximate surface area is 122 Å². The number of nitrogens with one attached hydrogen (secondary N) is 1. The molecule has 1 aromatic rings. The summed E-state index contributed by atoms with van der Waals surface area (Å²) in [6.07, 6.45) is 7.60. The van der Waals surface area contributed by atoms with Gasteiger partial charge in [-0.3, -0.25) is 4.79 Å². The summed E-state index contributed by atoms with van der Waals surface area (Å²) in [6.45, 7) is 2.14. The fourth-order valence-corrected chi connectivity index (χ4v) is 2.25. The Balaban J connectivity index is 2.23. The third kappa shape index (κ3) is 6.71. The van der Waals surface area contributed by atoms with Gasteiger partial charge in [0.25, 0.3) is 0 Å². The van der Waals surface area contributed by atoms with Crippen LogP contribution in [-0.4, -0.2) is 17.6 Å². The van der Waals surface area contributed by atoms with Gasteiger partial charge in [0.2, 0.25) is 5.91 Å². The van der Waals surface area contributed by atoms with E-state index in [0.717, 1.165) is 18.4 Å². The molecule has 0 radical (unpaired) electrons. The van der Waals surface area contributed by atoms with Crippen LogP contribution in [0.1, 0.15) is 63.5 Å². The summed E-state index contributed by atoms with van der Waals surface area (Å²) in [4.78, 5) is 11.9. The molecular weight excluding hydrogens is 250 g/mol. The minimum Gasteiger partial charge on any atom is -0.394 e. The Hall–Kier alpha value is -1.35. The van der Waals surface area contributed by atoms with Gasteiger partial charge in [-0.2, -0.15) is 0 Å². The maximum atomic E-state index is 11.9. The molecule has 1 amide bonds. The number of unbranched alkanes of at least 4 members (excludes halogenated alkanes) is 5. The molecule has 0 aliphatic rings. The fourth-order valence-electron chi connectivity index (χ4n) is 2.25. The van der Waals surface area contributed by atoms with Crippen molar-refractivity contribution < 1.29 is 9.90 Å². The van der Waals surface area contributed by atoms with Crippen molar-refractivity contribution in [2.45, 2.75) is 57.9 Å². The van der Waals surface area contributed by atoms with Crippen LogP contribution in [0.25, 0.3) is 0 Å². The van der Waals surface area contributed by atoms with E-state index >= 15 is 0 Å². The van der Waals surface area contributed by atoms with Crippen molar-refractivity contribution in [3.8, 4) is 0 Å². The van der Waals surface area contributed by atoms with E-state index < -0.39 is 0 Å². The number of hydrogen-bond acceptors (Lipinski definition) is 2. The molecule has 20 heavy (non-hydrogen) atoms. The lowest BCUT2D eigenvalue weighted by Gasteiger charge is -2.16. The Morgan fingerprint density at radius 1 is 1.10 bits per heavy atom. The van der Waals surface area contributed by atoms with Gasteiger partial charge in [-0.15, -0.1) is 0 Å². The number of carbonyl (C=O) groups excluding carboxylic acids is 1. The van der Waals surface area contributed by atoms with Crippen LogP contribution in [0.3, 0.4) is 0 Å². The topological polar surface area (TPSA) is 49.3 Å². The van der Waals surface area contributed by atoms with Crippen molar-refractivity contribution in [1.29, 1.82) is 0 Å². The molecule has 3 heteroatoms. The fraction of sp³-hybridized carbons (Fsp3) is 0.588. The van der Waals surface area contributed by atoms with E-state index in [0.29, 0.717) is 6.42 Å². The lowest BCUT2D eigenvalue weighted by molar-refractivity contribution is -0.122. The number of aliphatic hydroxyl groups is 1. The predicted molar refractivity (Wildman–Crippen MR) is 82.4 cm³/mol. The second-order valence-corrected chi connectivity index (χ2v) is 5.23. The number of benzene rings is 1. The standard InChI is InChI=1S/C17H27NO2/c1-2-3-4-5-6-10-13-17(20)18-16(14-19)15-11-8-7-9-12-15/h7-9,11-12,16,19H,2-6,10,13-14H2,1H3,(H,18,20). The molecule has 0 spiro atoms. The van der Waals surface area contributed by atoms with Crippen LogP contribution in [0.2, 0.25) is 0 Å². The van der Waals surface area contributed by atoms with Crippen molar-refractivity contribution >= 4 is 5.91 Å². The van der Waals surface area contributed by atoms with Crippen molar-refractivity contribution in [3.05, 3.63) is 35.9 Å². The van der Waals surface area contributed by atoms with Gasteiger partial charge in [0.05, 0.1) is 12.6 Å². The molecular formula is C17H27NO2. The monoisotopic (exact) mass is 277 g/mol. The maximum Gasteiger partial charge on any atom is 0.220 e. The zero-order chi connectivity index (χ0) is 14.6. The van der Waals surface area contributed by atoms with E-state index in [2.05, 4.69) is 12.2 Å². The SMILES string of the molecule is CCCCCCCCC(=O)NC(CO)c1ccccc1. The third-order valence-corrected chi connectivity index (χ3v) is 3.48. The van der Waals surface area contributed by atoms with Gasteiger partial charge in [-0.1, -0.05) is 69.4 Å². The zero-order valence-corrected chi connectivity index (χ0v) is 12.5. The highest BCUT2D eigenvalue weighted by Crippen LogP contribution is 2.12. The molecule has 112 valence electrons. The van der Waals surface area contributed by atoms with E-state index in [9.17, 15) is 9.90 Å². The molecule has 3 nitrogen and oxygen atoms in total. The molecule has 0 aliphatic heterocycles. The molecule has 0 bridgehead atoms. The molecule has 2 N–H and O–H groups in total. The summed E-state index contributed by atoms with van der Waals surface area (Å²) in [5.41, 5.74) is 0.950. The minimum atomic E-state index is -0.288. The lowest BCUT2D eigenvalue weighted by atomic mass is 10.1. The summed E-state index contributed by atoms with van der Waals surface area (Å²) in [5, 5.41) is 12.3. The molecule has 0 heterocycles. The Morgan fingerprint density at radius 2 is 1.75 bits per heavy atom. The summed E-state index contributed by atoms with van der Waals surface area (Å²) in [5.74, 6) is 0.0309. The summed E-state index contributed by atoms with van der Waals surface area (Å²) < 4.78 is 0. The first kappa shape index (κ1) is 16.7. The lowest BCUT2D eigenvalue weighted by Crippen LogP contribution is -2.30. The second-order valence-electron chi connectivity index (χ2n) is 5.23. The Bertz CT molecular complexity index is 365. The van der Waals surface area contributed by atoms with Crippen LogP contribution in [0.15, 0.2) is 30.3 Å². The number of amides is 1. The van der Waals surface area contributed by atoms with Crippen molar-refractivity contribution in [1.82, 2.24) is 5.32 Å². The number of aliphatic hydroxyl groups excluding tert-OH is 1. The summed E-state index contributed by atoms with van der Waals surface area (Å²) in [6, 6.07) is 9.31. The Kier molecular flexibility index (Phi) is 8.72. The van der Waals surface area contributed by atoms with Gasteiger partial charge < -0.3 is 10.4 Å². The van der Waals surface area contributed by atoms with Crippen LogP contribution in [-0.2, 0) is 4.79 Å². The smallest absolute Gasteiger partial charge is 0.220 e.